The van der Waals surface area contributed by atoms with Gasteiger partial charge in [-0.2, -0.15) is 0 Å². The van der Waals surface area contributed by atoms with Gasteiger partial charge in [-0.25, -0.2) is 0 Å². The van der Waals surface area contributed by atoms with Crippen LogP contribution < -0.4 is 5.32 Å². The summed E-state index contributed by atoms with van der Waals surface area (Å²) in [5.74, 6) is 0.0916. The monoisotopic (exact) mass is 395 g/mol. The van der Waals surface area contributed by atoms with Gasteiger partial charge in [0.1, 0.15) is 5.58 Å². The zero-order chi connectivity index (χ0) is 18.8. The summed E-state index contributed by atoms with van der Waals surface area (Å²) in [5, 5.41) is 5.48. The van der Waals surface area contributed by atoms with E-state index in [9.17, 15) is 4.79 Å². The average molecular weight is 396 g/mol. The van der Waals surface area contributed by atoms with Crippen molar-refractivity contribution >= 4 is 45.6 Å². The van der Waals surface area contributed by atoms with Gasteiger partial charge in [-0.3, -0.25) is 4.79 Å². The number of furan rings is 1. The first-order valence-electron chi connectivity index (χ1n) is 8.42. The Hall–Kier alpha value is -2.75. The van der Waals surface area contributed by atoms with E-state index >= 15 is 0 Å². The Morgan fingerprint density at radius 2 is 1.48 bits per heavy atom. The zero-order valence-corrected chi connectivity index (χ0v) is 15.7. The van der Waals surface area contributed by atoms with Crippen LogP contribution in [0.5, 0.6) is 0 Å². The summed E-state index contributed by atoms with van der Waals surface area (Å²) in [6.45, 7) is 0.543. The number of halogens is 2. The molecule has 3 nitrogen and oxygen atoms in total. The van der Waals surface area contributed by atoms with Crippen molar-refractivity contribution in [3.8, 4) is 0 Å². The fraction of sp³-hybridized carbons (Fsp3) is 0.0455. The molecular formula is C22H15Cl2NO2. The normalized spacial score (nSPS) is 10.9. The number of anilines is 1. The topological polar surface area (TPSA) is 42.2 Å². The molecular weight excluding hydrogens is 381 g/mol. The van der Waals surface area contributed by atoms with Gasteiger partial charge in [0, 0.05) is 27.5 Å². The second kappa shape index (κ2) is 7.47. The lowest BCUT2D eigenvalue weighted by molar-refractivity contribution is 0.101. The summed E-state index contributed by atoms with van der Waals surface area (Å²) in [7, 11) is 0. The molecule has 0 saturated heterocycles. The molecule has 4 rings (SSSR count). The molecule has 3 aromatic carbocycles. The maximum absolute atomic E-state index is 13.0. The summed E-state index contributed by atoms with van der Waals surface area (Å²) in [4.78, 5) is 13.0. The van der Waals surface area contributed by atoms with Crippen LogP contribution in [0.1, 0.15) is 21.7 Å². The SMILES string of the molecule is O=C(c1ccc(Cl)cc1)c1oc2ccccc2c1NCc1ccc(Cl)cc1. The van der Waals surface area contributed by atoms with Crippen LogP contribution in [0.25, 0.3) is 11.0 Å². The number of rotatable bonds is 5. The molecule has 4 aromatic rings. The molecule has 0 aliphatic carbocycles. The molecule has 0 spiro atoms. The maximum Gasteiger partial charge on any atom is 0.230 e. The van der Waals surface area contributed by atoms with Gasteiger partial charge in [0.15, 0.2) is 5.76 Å². The number of carbonyl (C=O) groups excluding carboxylic acids is 1. The first-order valence-corrected chi connectivity index (χ1v) is 9.17. The standard InChI is InChI=1S/C22H15Cl2NO2/c23-16-9-5-14(6-10-16)13-25-20-18-3-1-2-4-19(18)27-22(20)21(26)15-7-11-17(24)12-8-15/h1-12,25H,13H2. The van der Waals surface area contributed by atoms with Crippen LogP contribution in [0.3, 0.4) is 0 Å². The lowest BCUT2D eigenvalue weighted by Crippen LogP contribution is -2.06. The summed E-state index contributed by atoms with van der Waals surface area (Å²) in [6.07, 6.45) is 0. The molecule has 0 aliphatic rings. The minimum atomic E-state index is -0.193. The van der Waals surface area contributed by atoms with Gasteiger partial charge in [0.25, 0.3) is 0 Å². The predicted octanol–water partition coefficient (Wildman–Crippen LogP) is 6.58. The third-order valence-electron chi connectivity index (χ3n) is 4.29. The van der Waals surface area contributed by atoms with Crippen LogP contribution in [0.15, 0.2) is 77.2 Å². The van der Waals surface area contributed by atoms with Crippen molar-refractivity contribution in [3.63, 3.8) is 0 Å². The van der Waals surface area contributed by atoms with E-state index in [1.807, 2.05) is 48.5 Å². The zero-order valence-electron chi connectivity index (χ0n) is 14.2. The molecule has 1 heterocycles. The van der Waals surface area contributed by atoms with Crippen molar-refractivity contribution in [3.05, 3.63) is 99.7 Å². The van der Waals surface area contributed by atoms with E-state index in [0.29, 0.717) is 33.4 Å². The number of para-hydroxylation sites is 1. The highest BCUT2D eigenvalue weighted by molar-refractivity contribution is 6.31. The fourth-order valence-corrected chi connectivity index (χ4v) is 3.16. The van der Waals surface area contributed by atoms with Gasteiger partial charge >= 0.3 is 0 Å². The highest BCUT2D eigenvalue weighted by Gasteiger charge is 2.21. The van der Waals surface area contributed by atoms with Gasteiger partial charge in [0.05, 0.1) is 5.69 Å². The second-order valence-corrected chi connectivity index (χ2v) is 6.99. The van der Waals surface area contributed by atoms with Crippen molar-refractivity contribution in [2.24, 2.45) is 0 Å². The molecule has 0 bridgehead atoms. The number of ketones is 1. The third kappa shape index (κ3) is 3.70. The Labute approximate surface area is 166 Å². The highest BCUT2D eigenvalue weighted by atomic mass is 35.5. The van der Waals surface area contributed by atoms with E-state index in [1.165, 1.54) is 0 Å². The molecule has 0 atom stereocenters. The number of benzene rings is 3. The van der Waals surface area contributed by atoms with Crippen LogP contribution in [0, 0.1) is 0 Å². The summed E-state index contributed by atoms with van der Waals surface area (Å²) in [6, 6.07) is 21.9. The van der Waals surface area contributed by atoms with Crippen molar-refractivity contribution in [1.82, 2.24) is 0 Å². The van der Waals surface area contributed by atoms with Crippen LogP contribution in [0.4, 0.5) is 5.69 Å². The van der Waals surface area contributed by atoms with E-state index in [2.05, 4.69) is 5.32 Å². The van der Waals surface area contributed by atoms with Gasteiger partial charge in [-0.1, -0.05) is 47.5 Å². The van der Waals surface area contributed by atoms with Crippen LogP contribution in [0.2, 0.25) is 10.0 Å². The minimum Gasteiger partial charge on any atom is -0.450 e. The number of hydrogen-bond donors (Lipinski definition) is 1. The smallest absolute Gasteiger partial charge is 0.230 e. The molecule has 27 heavy (non-hydrogen) atoms. The molecule has 1 aromatic heterocycles. The lowest BCUT2D eigenvalue weighted by Gasteiger charge is -2.08. The van der Waals surface area contributed by atoms with Gasteiger partial charge < -0.3 is 9.73 Å². The fourth-order valence-electron chi connectivity index (χ4n) is 2.91. The second-order valence-electron chi connectivity index (χ2n) is 6.12. The first kappa shape index (κ1) is 17.7. The first-order chi connectivity index (χ1) is 13.1. The largest absolute Gasteiger partial charge is 0.450 e. The van der Waals surface area contributed by atoms with Crippen LogP contribution >= 0.6 is 23.2 Å². The van der Waals surface area contributed by atoms with Gasteiger partial charge in [-0.15, -0.1) is 0 Å². The highest BCUT2D eigenvalue weighted by Crippen LogP contribution is 2.33. The Kier molecular flexibility index (Phi) is 4.88. The molecule has 0 amide bonds. The molecule has 1 N–H and O–H groups in total. The van der Waals surface area contributed by atoms with E-state index in [1.54, 1.807) is 24.3 Å². The lowest BCUT2D eigenvalue weighted by atomic mass is 10.1. The molecule has 5 heteroatoms. The number of carbonyl (C=O) groups is 1. The average Bonchev–Trinajstić information content (AvgIpc) is 3.06. The molecule has 134 valence electrons. The molecule has 0 aliphatic heterocycles. The van der Waals surface area contributed by atoms with E-state index in [0.717, 1.165) is 10.9 Å². The quantitative estimate of drug-likeness (QED) is 0.387. The Balaban J connectivity index is 1.71. The molecule has 0 fully saturated rings. The molecule has 0 saturated carbocycles. The Bertz CT molecular complexity index is 1100. The van der Waals surface area contributed by atoms with Crippen molar-refractivity contribution in [1.29, 1.82) is 0 Å². The molecule has 0 unspecified atom stereocenters. The van der Waals surface area contributed by atoms with E-state index in [4.69, 9.17) is 27.6 Å². The Morgan fingerprint density at radius 1 is 0.852 bits per heavy atom. The predicted molar refractivity (Wildman–Crippen MR) is 110 cm³/mol. The van der Waals surface area contributed by atoms with E-state index in [-0.39, 0.29) is 11.5 Å². The number of hydrogen-bond acceptors (Lipinski definition) is 3. The van der Waals surface area contributed by atoms with Crippen molar-refractivity contribution in [2.75, 3.05) is 5.32 Å². The number of fused-ring (bicyclic) bond motifs is 1. The van der Waals surface area contributed by atoms with E-state index < -0.39 is 0 Å². The maximum atomic E-state index is 13.0. The summed E-state index contributed by atoms with van der Waals surface area (Å²) in [5.41, 5.74) is 2.91. The number of nitrogens with one attached hydrogen (secondary N) is 1. The molecule has 0 radical (unpaired) electrons. The van der Waals surface area contributed by atoms with Crippen molar-refractivity contribution in [2.45, 2.75) is 6.54 Å². The van der Waals surface area contributed by atoms with Gasteiger partial charge in [0.2, 0.25) is 5.78 Å². The third-order valence-corrected chi connectivity index (χ3v) is 4.79. The summed E-state index contributed by atoms with van der Waals surface area (Å²) < 4.78 is 5.89. The minimum absolute atomic E-state index is 0.193. The van der Waals surface area contributed by atoms with Crippen LogP contribution in [-0.2, 0) is 6.54 Å². The van der Waals surface area contributed by atoms with Crippen LogP contribution in [-0.4, -0.2) is 5.78 Å². The summed E-state index contributed by atoms with van der Waals surface area (Å²) >= 11 is 11.9. The van der Waals surface area contributed by atoms with Crippen molar-refractivity contribution < 1.29 is 9.21 Å². The Morgan fingerprint density at radius 3 is 2.19 bits per heavy atom. The van der Waals surface area contributed by atoms with Gasteiger partial charge in [-0.05, 0) is 54.1 Å².